The highest BCUT2D eigenvalue weighted by Gasteiger charge is 2.65. The van der Waals surface area contributed by atoms with Crippen LogP contribution in [-0.4, -0.2) is 77.0 Å². The first-order chi connectivity index (χ1) is 18.8. The third-order valence-corrected chi connectivity index (χ3v) is 10.5. The van der Waals surface area contributed by atoms with Crippen LogP contribution in [0.1, 0.15) is 36.3 Å². The number of amides is 2. The average Bonchev–Trinajstić information content (AvgIpc) is 3.67. The van der Waals surface area contributed by atoms with Crippen LogP contribution in [0.5, 0.6) is 0 Å². The standard InChI is InChI=1S/C28H31Cl2FIN5O2/c29-16-5-8-19-21(15-16)34-27(39)28(19)22(18-3-1-4-20(30)23(18)31)24(35-26(28)32)25(38)33-9-2-10-36-11-13-37(14-12-36)17-6-7-17/h1,3-5,8,15,17,22,24,26,35H,2,6-7,9-14H2,(H,33,38)(H,34,39)/t22-,24+,26-,28+/m0/s1. The van der Waals surface area contributed by atoms with Gasteiger partial charge in [-0.3, -0.25) is 19.8 Å². The van der Waals surface area contributed by atoms with E-state index in [4.69, 9.17) is 23.2 Å². The minimum absolute atomic E-state index is 0.0461. The van der Waals surface area contributed by atoms with Crippen molar-refractivity contribution in [1.29, 1.82) is 0 Å². The summed E-state index contributed by atoms with van der Waals surface area (Å²) in [6.07, 6.45) is 3.49. The summed E-state index contributed by atoms with van der Waals surface area (Å²) in [6.45, 7) is 5.76. The molecular weight excluding hydrogens is 655 g/mol. The van der Waals surface area contributed by atoms with Gasteiger partial charge in [-0.25, -0.2) is 4.39 Å². The van der Waals surface area contributed by atoms with Gasteiger partial charge in [0.15, 0.2) is 0 Å². The van der Waals surface area contributed by atoms with Gasteiger partial charge in [-0.05, 0) is 55.1 Å². The van der Waals surface area contributed by atoms with Gasteiger partial charge in [0.25, 0.3) is 0 Å². The molecule has 3 aliphatic heterocycles. The summed E-state index contributed by atoms with van der Waals surface area (Å²) in [5.74, 6) is -1.99. The van der Waals surface area contributed by atoms with Crippen molar-refractivity contribution in [3.8, 4) is 0 Å². The zero-order valence-electron chi connectivity index (χ0n) is 21.4. The number of anilines is 1. The zero-order chi connectivity index (χ0) is 27.3. The Hall–Kier alpha value is -1.50. The highest BCUT2D eigenvalue weighted by molar-refractivity contribution is 14.1. The van der Waals surface area contributed by atoms with Crippen molar-refractivity contribution in [2.75, 3.05) is 44.6 Å². The second-order valence-corrected chi connectivity index (χ2v) is 13.0. The van der Waals surface area contributed by atoms with Crippen molar-refractivity contribution in [1.82, 2.24) is 20.4 Å². The van der Waals surface area contributed by atoms with Crippen LogP contribution in [0.2, 0.25) is 10.0 Å². The maximum absolute atomic E-state index is 15.6. The highest BCUT2D eigenvalue weighted by Crippen LogP contribution is 2.56. The van der Waals surface area contributed by atoms with Crippen LogP contribution in [0.15, 0.2) is 36.4 Å². The topological polar surface area (TPSA) is 76.7 Å². The minimum atomic E-state index is -1.23. The number of piperazine rings is 1. The second kappa shape index (κ2) is 11.1. The van der Waals surface area contributed by atoms with E-state index in [-0.39, 0.29) is 22.4 Å². The fraction of sp³-hybridized carbons (Fsp3) is 0.500. The Kier molecular flexibility index (Phi) is 7.84. The molecule has 2 aromatic rings. The Morgan fingerprint density at radius 3 is 2.67 bits per heavy atom. The second-order valence-electron chi connectivity index (χ2n) is 10.9. The number of alkyl halides is 1. The van der Waals surface area contributed by atoms with E-state index in [1.165, 1.54) is 18.9 Å². The van der Waals surface area contributed by atoms with Gasteiger partial charge >= 0.3 is 0 Å². The van der Waals surface area contributed by atoms with Crippen LogP contribution in [0, 0.1) is 5.82 Å². The minimum Gasteiger partial charge on any atom is -0.355 e. The van der Waals surface area contributed by atoms with Gasteiger partial charge in [0.1, 0.15) is 11.2 Å². The number of fused-ring (bicyclic) bond motifs is 2. The Labute approximate surface area is 251 Å². The average molecular weight is 686 g/mol. The van der Waals surface area contributed by atoms with Crippen molar-refractivity contribution in [3.05, 3.63) is 63.4 Å². The summed E-state index contributed by atoms with van der Waals surface area (Å²) < 4.78 is 15.1. The summed E-state index contributed by atoms with van der Waals surface area (Å²) in [5, 5.41) is 9.76. The van der Waals surface area contributed by atoms with Gasteiger partial charge in [-0.15, -0.1) is 0 Å². The predicted octanol–water partition coefficient (Wildman–Crippen LogP) is 4.13. The van der Waals surface area contributed by atoms with Crippen molar-refractivity contribution >= 4 is 63.3 Å². The molecule has 11 heteroatoms. The molecule has 3 N–H and O–H groups in total. The number of hydrogen-bond donors (Lipinski definition) is 3. The molecule has 0 unspecified atom stereocenters. The van der Waals surface area contributed by atoms with E-state index in [0.717, 1.165) is 45.2 Å². The summed E-state index contributed by atoms with van der Waals surface area (Å²) >= 11 is 14.6. The van der Waals surface area contributed by atoms with Gasteiger partial charge in [-0.1, -0.05) is 64.0 Å². The summed E-state index contributed by atoms with van der Waals surface area (Å²) in [7, 11) is 0. The van der Waals surface area contributed by atoms with Crippen LogP contribution in [0.25, 0.3) is 0 Å². The monoisotopic (exact) mass is 685 g/mol. The van der Waals surface area contributed by atoms with E-state index >= 15 is 4.39 Å². The summed E-state index contributed by atoms with van der Waals surface area (Å²) in [4.78, 5) is 32.4. The smallest absolute Gasteiger partial charge is 0.238 e. The van der Waals surface area contributed by atoms with E-state index in [9.17, 15) is 9.59 Å². The summed E-state index contributed by atoms with van der Waals surface area (Å²) in [5.41, 5.74) is 0.274. The van der Waals surface area contributed by atoms with Gasteiger partial charge in [0.2, 0.25) is 11.8 Å². The van der Waals surface area contributed by atoms with Crippen LogP contribution in [0.4, 0.5) is 10.1 Å². The Bertz CT molecular complexity index is 1290. The molecule has 1 aliphatic carbocycles. The third-order valence-electron chi connectivity index (χ3n) is 8.62. The molecule has 208 valence electrons. The first kappa shape index (κ1) is 27.7. The molecule has 2 amide bonds. The van der Waals surface area contributed by atoms with E-state index in [1.54, 1.807) is 30.3 Å². The molecule has 3 fully saturated rings. The molecule has 7 nitrogen and oxygen atoms in total. The maximum Gasteiger partial charge on any atom is 0.238 e. The predicted molar refractivity (Wildman–Crippen MR) is 159 cm³/mol. The molecule has 1 saturated carbocycles. The van der Waals surface area contributed by atoms with Crippen LogP contribution >= 0.6 is 45.8 Å². The highest BCUT2D eigenvalue weighted by atomic mass is 127. The van der Waals surface area contributed by atoms with Crippen molar-refractivity contribution in [2.45, 2.75) is 46.7 Å². The molecule has 0 radical (unpaired) electrons. The lowest BCUT2D eigenvalue weighted by atomic mass is 9.68. The van der Waals surface area contributed by atoms with Crippen LogP contribution < -0.4 is 16.0 Å². The van der Waals surface area contributed by atoms with Crippen LogP contribution in [-0.2, 0) is 15.0 Å². The van der Waals surface area contributed by atoms with Gasteiger partial charge < -0.3 is 15.5 Å². The lowest BCUT2D eigenvalue weighted by Crippen LogP contribution is -2.48. The first-order valence-corrected chi connectivity index (χ1v) is 15.5. The fourth-order valence-electron chi connectivity index (χ4n) is 6.52. The lowest BCUT2D eigenvalue weighted by molar-refractivity contribution is -0.123. The van der Waals surface area contributed by atoms with Crippen LogP contribution in [0.3, 0.4) is 0 Å². The zero-order valence-corrected chi connectivity index (χ0v) is 25.0. The lowest BCUT2D eigenvalue weighted by Gasteiger charge is -2.35. The fourth-order valence-corrected chi connectivity index (χ4v) is 8.27. The first-order valence-electron chi connectivity index (χ1n) is 13.5. The van der Waals surface area contributed by atoms with Crippen molar-refractivity contribution in [3.63, 3.8) is 0 Å². The van der Waals surface area contributed by atoms with E-state index in [1.807, 2.05) is 0 Å². The molecule has 4 aliphatic rings. The Balaban J connectivity index is 1.21. The van der Waals surface area contributed by atoms with E-state index in [0.29, 0.717) is 22.8 Å². The van der Waals surface area contributed by atoms with Gasteiger partial charge in [0, 0.05) is 55.4 Å². The molecule has 39 heavy (non-hydrogen) atoms. The Morgan fingerprint density at radius 1 is 1.15 bits per heavy atom. The number of rotatable bonds is 7. The van der Waals surface area contributed by atoms with E-state index in [2.05, 4.69) is 48.3 Å². The van der Waals surface area contributed by atoms with Crippen molar-refractivity contribution in [2.24, 2.45) is 0 Å². The number of nitrogens with zero attached hydrogens (tertiary/aromatic N) is 2. The molecule has 3 heterocycles. The molecule has 6 rings (SSSR count). The number of carbonyl (C=O) groups excluding carboxylic acids is 2. The summed E-state index contributed by atoms with van der Waals surface area (Å²) in [6, 6.07) is 9.91. The molecule has 2 aromatic carbocycles. The largest absolute Gasteiger partial charge is 0.355 e. The number of carbonyl (C=O) groups is 2. The molecule has 0 bridgehead atoms. The molecule has 0 aromatic heterocycles. The molecule has 4 atom stereocenters. The van der Waals surface area contributed by atoms with Gasteiger partial charge in [-0.2, -0.15) is 0 Å². The SMILES string of the molecule is O=C(NCCCN1CCN(C2CC2)CC1)[C@@H]1N[C@H](I)[C@]2(C(=O)Nc3cc(Cl)ccc32)[C@H]1c1cccc(Cl)c1F. The third kappa shape index (κ3) is 4.97. The molecular formula is C28H31Cl2FIN5O2. The number of nitrogens with one attached hydrogen (secondary N) is 3. The maximum atomic E-state index is 15.6. The number of benzene rings is 2. The van der Waals surface area contributed by atoms with Gasteiger partial charge in [0.05, 0.1) is 15.1 Å². The molecule has 1 spiro atoms. The number of hydrogen-bond acceptors (Lipinski definition) is 5. The normalized spacial score (nSPS) is 29.0. The quantitative estimate of drug-likeness (QED) is 0.177. The van der Waals surface area contributed by atoms with E-state index < -0.39 is 27.2 Å². The Morgan fingerprint density at radius 2 is 1.92 bits per heavy atom. The molecule has 2 saturated heterocycles. The van der Waals surface area contributed by atoms with Crippen molar-refractivity contribution < 1.29 is 14.0 Å². The number of halogens is 4.